The number of rotatable bonds is 6. The van der Waals surface area contributed by atoms with Crippen molar-refractivity contribution in [2.24, 2.45) is 0 Å². The first-order valence-electron chi connectivity index (χ1n) is 9.53. The zero-order chi connectivity index (χ0) is 23.3. The maximum Gasteiger partial charge on any atom is 0.417 e. The molecule has 3 rings (SSSR count). The number of nitrogens with one attached hydrogen (secondary N) is 1. The Labute approximate surface area is 190 Å². The van der Waals surface area contributed by atoms with Crippen molar-refractivity contribution in [2.45, 2.75) is 11.2 Å². The summed E-state index contributed by atoms with van der Waals surface area (Å²) in [5, 5.41) is 2.69. The highest BCUT2D eigenvalue weighted by molar-refractivity contribution is 8.00. The maximum atomic E-state index is 12.9. The van der Waals surface area contributed by atoms with Crippen LogP contribution in [0.2, 0.25) is 5.02 Å². The van der Waals surface area contributed by atoms with Crippen LogP contribution >= 0.6 is 23.4 Å². The Bertz CT molecular complexity index is 967. The fourth-order valence-electron chi connectivity index (χ4n) is 3.00. The van der Waals surface area contributed by atoms with Gasteiger partial charge in [0.25, 0.3) is 0 Å². The normalized spacial score (nSPS) is 15.0. The molecule has 1 aromatic carbocycles. The number of thioether (sulfide) groups is 1. The molecule has 32 heavy (non-hydrogen) atoms. The molecule has 1 N–H and O–H groups in total. The van der Waals surface area contributed by atoms with E-state index in [-0.39, 0.29) is 34.2 Å². The number of carbonyl (C=O) groups is 2. The SMILES string of the molecule is O=C(CN1CCN(C(=O)CSc2ncc(C(F)(F)F)cc2Cl)CC1)Nc1ccc(F)cc1. The summed E-state index contributed by atoms with van der Waals surface area (Å²) in [6, 6.07) is 6.24. The second kappa shape index (κ2) is 10.5. The fraction of sp³-hybridized carbons (Fsp3) is 0.350. The summed E-state index contributed by atoms with van der Waals surface area (Å²) < 4.78 is 51.0. The second-order valence-electron chi connectivity index (χ2n) is 7.01. The number of benzene rings is 1. The molecule has 1 aromatic heterocycles. The molecule has 1 fully saturated rings. The van der Waals surface area contributed by atoms with Gasteiger partial charge in [-0.2, -0.15) is 13.2 Å². The van der Waals surface area contributed by atoms with E-state index < -0.39 is 17.6 Å². The van der Waals surface area contributed by atoms with Gasteiger partial charge in [0, 0.05) is 38.1 Å². The molecule has 2 aromatic rings. The minimum Gasteiger partial charge on any atom is -0.339 e. The highest BCUT2D eigenvalue weighted by atomic mass is 35.5. The van der Waals surface area contributed by atoms with E-state index in [2.05, 4.69) is 10.3 Å². The van der Waals surface area contributed by atoms with Gasteiger partial charge in [-0.3, -0.25) is 14.5 Å². The molecule has 0 spiro atoms. The first kappa shape index (κ1) is 24.3. The monoisotopic (exact) mass is 490 g/mol. The maximum absolute atomic E-state index is 12.9. The lowest BCUT2D eigenvalue weighted by atomic mass is 10.3. The lowest BCUT2D eigenvalue weighted by Gasteiger charge is -2.34. The molecule has 1 aliphatic heterocycles. The molecule has 1 aliphatic rings. The third-order valence-corrected chi connectivity index (χ3v) is 6.08. The summed E-state index contributed by atoms with van der Waals surface area (Å²) in [4.78, 5) is 31.8. The van der Waals surface area contributed by atoms with Gasteiger partial charge in [0.05, 0.1) is 22.9 Å². The molecule has 0 atom stereocenters. The van der Waals surface area contributed by atoms with Crippen molar-refractivity contribution in [3.63, 3.8) is 0 Å². The van der Waals surface area contributed by atoms with Crippen molar-refractivity contribution in [3.05, 3.63) is 52.9 Å². The Morgan fingerprint density at radius 1 is 1.12 bits per heavy atom. The molecule has 0 radical (unpaired) electrons. The Morgan fingerprint density at radius 2 is 1.78 bits per heavy atom. The Balaban J connectivity index is 1.42. The zero-order valence-electron chi connectivity index (χ0n) is 16.7. The van der Waals surface area contributed by atoms with Gasteiger partial charge >= 0.3 is 6.18 Å². The predicted molar refractivity (Wildman–Crippen MR) is 113 cm³/mol. The number of halogens is 5. The molecular weight excluding hydrogens is 472 g/mol. The van der Waals surface area contributed by atoms with E-state index in [9.17, 15) is 27.2 Å². The summed E-state index contributed by atoms with van der Waals surface area (Å²) in [5.41, 5.74) is -0.449. The largest absolute Gasteiger partial charge is 0.417 e. The van der Waals surface area contributed by atoms with Gasteiger partial charge in [0.2, 0.25) is 11.8 Å². The first-order chi connectivity index (χ1) is 15.1. The van der Waals surface area contributed by atoms with Gasteiger partial charge in [-0.25, -0.2) is 9.37 Å². The highest BCUT2D eigenvalue weighted by Crippen LogP contribution is 2.33. The summed E-state index contributed by atoms with van der Waals surface area (Å²) >= 11 is 6.84. The number of nitrogens with zero attached hydrogens (tertiary/aromatic N) is 3. The van der Waals surface area contributed by atoms with E-state index in [1.54, 1.807) is 4.90 Å². The smallest absolute Gasteiger partial charge is 0.339 e. The van der Waals surface area contributed by atoms with Crippen LogP contribution in [0.5, 0.6) is 0 Å². The van der Waals surface area contributed by atoms with Crippen LogP contribution in [0.15, 0.2) is 41.6 Å². The van der Waals surface area contributed by atoms with Crippen LogP contribution < -0.4 is 5.32 Å². The number of alkyl halides is 3. The number of pyridine rings is 1. The number of carbonyl (C=O) groups excluding carboxylic acids is 2. The minimum absolute atomic E-state index is 0.0108. The van der Waals surface area contributed by atoms with Gasteiger partial charge < -0.3 is 10.2 Å². The van der Waals surface area contributed by atoms with Gasteiger partial charge in [-0.1, -0.05) is 23.4 Å². The Morgan fingerprint density at radius 3 is 2.38 bits per heavy atom. The summed E-state index contributed by atoms with van der Waals surface area (Å²) in [6.07, 6.45) is -3.85. The number of piperazine rings is 1. The van der Waals surface area contributed by atoms with E-state index in [4.69, 9.17) is 11.6 Å². The molecule has 0 unspecified atom stereocenters. The van der Waals surface area contributed by atoms with Gasteiger partial charge in [0.1, 0.15) is 10.8 Å². The van der Waals surface area contributed by atoms with Gasteiger partial charge in [-0.15, -0.1) is 0 Å². The quantitative estimate of drug-likeness (QED) is 0.493. The van der Waals surface area contributed by atoms with Crippen LogP contribution in [0.3, 0.4) is 0 Å². The van der Waals surface area contributed by atoms with Gasteiger partial charge in [-0.05, 0) is 30.3 Å². The third-order valence-electron chi connectivity index (χ3n) is 4.69. The molecule has 0 bridgehead atoms. The molecule has 2 heterocycles. The Hall–Kier alpha value is -2.37. The summed E-state index contributed by atoms with van der Waals surface area (Å²) in [7, 11) is 0. The standard InChI is InChI=1S/C20H19ClF4N4O2S/c21-16-9-13(20(23,24)25)10-26-19(16)32-12-18(31)29-7-5-28(6-8-29)11-17(30)27-15-3-1-14(22)2-4-15/h1-4,9-10H,5-8,11-12H2,(H,27,30). The van der Waals surface area contributed by atoms with Crippen molar-refractivity contribution >= 4 is 40.9 Å². The van der Waals surface area contributed by atoms with Crippen LogP contribution in [-0.4, -0.2) is 65.1 Å². The van der Waals surface area contributed by atoms with E-state index in [1.807, 2.05) is 4.90 Å². The molecule has 0 aliphatic carbocycles. The van der Waals surface area contributed by atoms with E-state index in [1.165, 1.54) is 24.3 Å². The van der Waals surface area contributed by atoms with Crippen LogP contribution in [0, 0.1) is 5.82 Å². The van der Waals surface area contributed by atoms with Crippen LogP contribution in [-0.2, 0) is 15.8 Å². The number of hydrogen-bond acceptors (Lipinski definition) is 5. The topological polar surface area (TPSA) is 65.5 Å². The number of amides is 2. The number of anilines is 1. The summed E-state index contributed by atoms with van der Waals surface area (Å²) in [6.45, 7) is 1.95. The van der Waals surface area contributed by atoms with Crippen molar-refractivity contribution in [2.75, 3.05) is 43.8 Å². The van der Waals surface area contributed by atoms with Gasteiger partial charge in [0.15, 0.2) is 0 Å². The average Bonchev–Trinajstić information content (AvgIpc) is 2.74. The van der Waals surface area contributed by atoms with E-state index in [0.717, 1.165) is 17.8 Å². The lowest BCUT2D eigenvalue weighted by Crippen LogP contribution is -2.50. The number of hydrogen-bond donors (Lipinski definition) is 1. The van der Waals surface area contributed by atoms with Crippen molar-refractivity contribution in [3.8, 4) is 0 Å². The summed E-state index contributed by atoms with van der Waals surface area (Å²) in [5.74, 6) is -0.833. The second-order valence-corrected chi connectivity index (χ2v) is 8.38. The van der Waals surface area contributed by atoms with E-state index >= 15 is 0 Å². The van der Waals surface area contributed by atoms with Crippen LogP contribution in [0.1, 0.15) is 5.56 Å². The zero-order valence-corrected chi connectivity index (χ0v) is 18.2. The van der Waals surface area contributed by atoms with Crippen LogP contribution in [0.4, 0.5) is 23.2 Å². The minimum atomic E-state index is -4.54. The molecule has 2 amide bonds. The lowest BCUT2D eigenvalue weighted by molar-refractivity contribution is -0.138. The number of aromatic nitrogens is 1. The van der Waals surface area contributed by atoms with Crippen LogP contribution in [0.25, 0.3) is 0 Å². The van der Waals surface area contributed by atoms with E-state index in [0.29, 0.717) is 38.1 Å². The molecular formula is C20H19ClF4N4O2S. The van der Waals surface area contributed by atoms with Crippen molar-refractivity contribution in [1.29, 1.82) is 0 Å². The Kier molecular flexibility index (Phi) is 7.96. The fourth-order valence-corrected chi connectivity index (χ4v) is 4.10. The third kappa shape index (κ3) is 6.81. The molecule has 6 nitrogen and oxygen atoms in total. The van der Waals surface area contributed by atoms with Crippen molar-refractivity contribution < 1.29 is 27.2 Å². The molecule has 0 saturated carbocycles. The highest BCUT2D eigenvalue weighted by Gasteiger charge is 2.31. The van der Waals surface area contributed by atoms with Crippen molar-refractivity contribution in [1.82, 2.24) is 14.8 Å². The molecule has 1 saturated heterocycles. The average molecular weight is 491 g/mol. The molecule has 172 valence electrons. The molecule has 12 heteroatoms. The predicted octanol–water partition coefficient (Wildman–Crippen LogP) is 3.77. The first-order valence-corrected chi connectivity index (χ1v) is 10.9.